The standard InChI is InChI=1S/C13H7F2NO/c14-10-5-9(8-16)6-11(7-10)17-13-4-2-1-3-12(13)15/h1-7H. The van der Waals surface area contributed by atoms with Gasteiger partial charge in [0.05, 0.1) is 11.6 Å². The van der Waals surface area contributed by atoms with E-state index in [9.17, 15) is 8.78 Å². The lowest BCUT2D eigenvalue weighted by Gasteiger charge is -2.06. The van der Waals surface area contributed by atoms with Crippen LogP contribution in [0.15, 0.2) is 42.5 Å². The monoisotopic (exact) mass is 231 g/mol. The van der Waals surface area contributed by atoms with Gasteiger partial charge in [-0.1, -0.05) is 12.1 Å². The van der Waals surface area contributed by atoms with Gasteiger partial charge in [-0.2, -0.15) is 5.26 Å². The molecule has 0 unspecified atom stereocenters. The molecule has 0 radical (unpaired) electrons. The predicted molar refractivity (Wildman–Crippen MR) is 57.6 cm³/mol. The summed E-state index contributed by atoms with van der Waals surface area (Å²) >= 11 is 0. The lowest BCUT2D eigenvalue weighted by molar-refractivity contribution is 0.438. The van der Waals surface area contributed by atoms with E-state index < -0.39 is 11.6 Å². The van der Waals surface area contributed by atoms with Crippen molar-refractivity contribution >= 4 is 0 Å². The van der Waals surface area contributed by atoms with E-state index in [-0.39, 0.29) is 17.1 Å². The number of rotatable bonds is 2. The van der Waals surface area contributed by atoms with Gasteiger partial charge in [0, 0.05) is 6.07 Å². The molecule has 0 aromatic heterocycles. The number of nitrogens with zero attached hydrogens (tertiary/aromatic N) is 1. The summed E-state index contributed by atoms with van der Waals surface area (Å²) in [5, 5.41) is 8.66. The molecule has 84 valence electrons. The number of halogens is 2. The minimum absolute atomic E-state index is 0.0120. The SMILES string of the molecule is N#Cc1cc(F)cc(Oc2ccccc2F)c1. The van der Waals surface area contributed by atoms with Crippen LogP contribution in [0.2, 0.25) is 0 Å². The van der Waals surface area contributed by atoms with Crippen LogP contribution in [0.5, 0.6) is 11.5 Å². The number of para-hydroxylation sites is 1. The Hall–Kier alpha value is -2.41. The Morgan fingerprint density at radius 1 is 1.06 bits per heavy atom. The van der Waals surface area contributed by atoms with Gasteiger partial charge in [-0.3, -0.25) is 0 Å². The number of benzene rings is 2. The van der Waals surface area contributed by atoms with Crippen LogP contribution in [0.1, 0.15) is 5.56 Å². The fourth-order valence-electron chi connectivity index (χ4n) is 1.34. The van der Waals surface area contributed by atoms with Gasteiger partial charge in [0.15, 0.2) is 11.6 Å². The summed E-state index contributed by atoms with van der Waals surface area (Å²) in [4.78, 5) is 0. The number of hydrogen-bond donors (Lipinski definition) is 0. The van der Waals surface area contributed by atoms with Crippen molar-refractivity contribution in [2.45, 2.75) is 0 Å². The molecule has 0 N–H and O–H groups in total. The van der Waals surface area contributed by atoms with Crippen molar-refractivity contribution in [3.05, 3.63) is 59.7 Å². The average molecular weight is 231 g/mol. The van der Waals surface area contributed by atoms with Crippen molar-refractivity contribution in [2.75, 3.05) is 0 Å². The molecule has 0 fully saturated rings. The summed E-state index contributed by atoms with van der Waals surface area (Å²) in [6.07, 6.45) is 0. The molecule has 0 spiro atoms. The molecular weight excluding hydrogens is 224 g/mol. The molecule has 0 bridgehead atoms. The Morgan fingerprint density at radius 2 is 1.82 bits per heavy atom. The average Bonchev–Trinajstić information content (AvgIpc) is 2.31. The summed E-state index contributed by atoms with van der Waals surface area (Å²) in [6, 6.07) is 11.1. The summed E-state index contributed by atoms with van der Waals surface area (Å²) in [5.74, 6) is -1.07. The second-order valence-corrected chi connectivity index (χ2v) is 3.32. The minimum Gasteiger partial charge on any atom is -0.454 e. The Labute approximate surface area is 96.7 Å². The number of nitriles is 1. The van der Waals surface area contributed by atoms with E-state index in [2.05, 4.69) is 0 Å². The van der Waals surface area contributed by atoms with Crippen LogP contribution in [0.3, 0.4) is 0 Å². The van der Waals surface area contributed by atoms with Gasteiger partial charge in [-0.25, -0.2) is 8.78 Å². The first kappa shape index (κ1) is 11.1. The molecule has 2 rings (SSSR count). The molecule has 0 saturated heterocycles. The Morgan fingerprint density at radius 3 is 2.53 bits per heavy atom. The van der Waals surface area contributed by atoms with E-state index >= 15 is 0 Å². The first-order chi connectivity index (χ1) is 8.19. The molecule has 0 atom stereocenters. The van der Waals surface area contributed by atoms with Crippen LogP contribution in [-0.2, 0) is 0 Å². The van der Waals surface area contributed by atoms with E-state index in [0.29, 0.717) is 0 Å². The third-order valence-electron chi connectivity index (χ3n) is 2.06. The smallest absolute Gasteiger partial charge is 0.165 e. The molecule has 0 amide bonds. The summed E-state index contributed by atoms with van der Waals surface area (Å²) < 4.78 is 31.5. The summed E-state index contributed by atoms with van der Waals surface area (Å²) in [7, 11) is 0. The Balaban J connectivity index is 2.34. The van der Waals surface area contributed by atoms with Crippen LogP contribution < -0.4 is 4.74 Å². The highest BCUT2D eigenvalue weighted by Crippen LogP contribution is 2.25. The molecule has 17 heavy (non-hydrogen) atoms. The predicted octanol–water partition coefficient (Wildman–Crippen LogP) is 3.63. The zero-order valence-corrected chi connectivity index (χ0v) is 8.65. The molecule has 0 heterocycles. The Bertz CT molecular complexity index is 590. The normalized spacial score (nSPS) is 9.71. The molecule has 0 aliphatic rings. The lowest BCUT2D eigenvalue weighted by atomic mass is 10.2. The molecule has 2 aromatic rings. The number of ether oxygens (including phenoxy) is 1. The summed E-state index contributed by atoms with van der Waals surface area (Å²) in [6.45, 7) is 0. The molecule has 2 aromatic carbocycles. The zero-order valence-electron chi connectivity index (χ0n) is 8.65. The minimum atomic E-state index is -0.601. The molecular formula is C13H7F2NO. The van der Waals surface area contributed by atoms with Crippen molar-refractivity contribution in [3.8, 4) is 17.6 Å². The fraction of sp³-hybridized carbons (Fsp3) is 0. The molecule has 4 heteroatoms. The molecule has 2 nitrogen and oxygen atoms in total. The van der Waals surface area contributed by atoms with E-state index in [1.54, 1.807) is 12.1 Å². The lowest BCUT2D eigenvalue weighted by Crippen LogP contribution is -1.90. The van der Waals surface area contributed by atoms with Gasteiger partial charge >= 0.3 is 0 Å². The van der Waals surface area contributed by atoms with Crippen LogP contribution in [0.4, 0.5) is 8.78 Å². The fourth-order valence-corrected chi connectivity index (χ4v) is 1.34. The van der Waals surface area contributed by atoms with E-state index in [1.165, 1.54) is 24.3 Å². The molecule has 0 aliphatic heterocycles. The maximum absolute atomic E-state index is 13.3. The van der Waals surface area contributed by atoms with Crippen molar-refractivity contribution < 1.29 is 13.5 Å². The highest BCUT2D eigenvalue weighted by molar-refractivity contribution is 5.39. The van der Waals surface area contributed by atoms with E-state index in [0.717, 1.165) is 12.1 Å². The van der Waals surface area contributed by atoms with Crippen LogP contribution in [0.25, 0.3) is 0 Å². The number of hydrogen-bond acceptors (Lipinski definition) is 2. The largest absolute Gasteiger partial charge is 0.454 e. The van der Waals surface area contributed by atoms with Gasteiger partial charge < -0.3 is 4.74 Å². The molecule has 0 saturated carbocycles. The first-order valence-corrected chi connectivity index (χ1v) is 4.82. The maximum Gasteiger partial charge on any atom is 0.165 e. The highest BCUT2D eigenvalue weighted by atomic mass is 19.1. The van der Waals surface area contributed by atoms with Gasteiger partial charge in [-0.05, 0) is 24.3 Å². The van der Waals surface area contributed by atoms with Crippen molar-refractivity contribution in [2.24, 2.45) is 0 Å². The quantitative estimate of drug-likeness (QED) is 0.790. The van der Waals surface area contributed by atoms with E-state index in [1.807, 2.05) is 0 Å². The Kier molecular flexibility index (Phi) is 3.01. The first-order valence-electron chi connectivity index (χ1n) is 4.82. The third kappa shape index (κ3) is 2.58. The van der Waals surface area contributed by atoms with E-state index in [4.69, 9.17) is 10.00 Å². The van der Waals surface area contributed by atoms with Gasteiger partial charge in [0.2, 0.25) is 0 Å². The van der Waals surface area contributed by atoms with Crippen LogP contribution >= 0.6 is 0 Å². The second kappa shape index (κ2) is 4.62. The second-order valence-electron chi connectivity index (χ2n) is 3.32. The molecule has 0 aliphatic carbocycles. The van der Waals surface area contributed by atoms with Crippen molar-refractivity contribution in [1.29, 1.82) is 5.26 Å². The van der Waals surface area contributed by atoms with Crippen molar-refractivity contribution in [3.63, 3.8) is 0 Å². The maximum atomic E-state index is 13.3. The third-order valence-corrected chi connectivity index (χ3v) is 2.06. The van der Waals surface area contributed by atoms with Gasteiger partial charge in [0.1, 0.15) is 11.6 Å². The zero-order chi connectivity index (χ0) is 12.3. The summed E-state index contributed by atoms with van der Waals surface area (Å²) in [5.41, 5.74) is 0.122. The van der Waals surface area contributed by atoms with Crippen LogP contribution in [0, 0.1) is 23.0 Å². The van der Waals surface area contributed by atoms with Gasteiger partial charge in [-0.15, -0.1) is 0 Å². The topological polar surface area (TPSA) is 33.0 Å². The highest BCUT2D eigenvalue weighted by Gasteiger charge is 2.06. The van der Waals surface area contributed by atoms with Gasteiger partial charge in [0.25, 0.3) is 0 Å². The van der Waals surface area contributed by atoms with Crippen molar-refractivity contribution in [1.82, 2.24) is 0 Å². The van der Waals surface area contributed by atoms with Crippen LogP contribution in [-0.4, -0.2) is 0 Å².